The van der Waals surface area contributed by atoms with Crippen molar-refractivity contribution in [2.75, 3.05) is 26.8 Å². The molecule has 1 aromatic heterocycles. The zero-order valence-electron chi connectivity index (χ0n) is 23.2. The lowest BCUT2D eigenvalue weighted by atomic mass is 9.94. The molecule has 7 heteroatoms. The molecule has 0 aliphatic heterocycles. The summed E-state index contributed by atoms with van der Waals surface area (Å²) in [5.74, 6) is -0.0992. The van der Waals surface area contributed by atoms with Gasteiger partial charge in [-0.2, -0.15) is 0 Å². The van der Waals surface area contributed by atoms with Crippen LogP contribution in [0, 0.1) is 6.92 Å². The van der Waals surface area contributed by atoms with Crippen molar-refractivity contribution in [1.82, 2.24) is 14.4 Å². The predicted octanol–water partition coefficient (Wildman–Crippen LogP) is 6.45. The molecule has 39 heavy (non-hydrogen) atoms. The van der Waals surface area contributed by atoms with Crippen LogP contribution in [0.4, 0.5) is 0 Å². The smallest absolute Gasteiger partial charge is 0.254 e. The molecule has 0 atom stereocenters. The molecule has 0 bridgehead atoms. The van der Waals surface area contributed by atoms with Crippen molar-refractivity contribution in [1.29, 1.82) is 0 Å². The maximum Gasteiger partial charge on any atom is 0.254 e. The van der Waals surface area contributed by atoms with E-state index in [9.17, 15) is 9.59 Å². The third-order valence-electron chi connectivity index (χ3n) is 7.55. The topological polar surface area (TPSA) is 54.8 Å². The Kier molecular flexibility index (Phi) is 10.8. The van der Waals surface area contributed by atoms with Gasteiger partial charge in [0.25, 0.3) is 5.91 Å². The van der Waals surface area contributed by atoms with Crippen molar-refractivity contribution in [2.24, 2.45) is 0 Å². The molecule has 0 unspecified atom stereocenters. The second kappa shape index (κ2) is 14.5. The summed E-state index contributed by atoms with van der Waals surface area (Å²) in [7, 11) is 1.66. The highest BCUT2D eigenvalue weighted by molar-refractivity contribution is 9.10. The van der Waals surface area contributed by atoms with Gasteiger partial charge in [-0.3, -0.25) is 9.59 Å². The first-order valence-electron chi connectivity index (χ1n) is 14.0. The van der Waals surface area contributed by atoms with E-state index >= 15 is 0 Å². The molecule has 6 nitrogen and oxygen atoms in total. The van der Waals surface area contributed by atoms with E-state index in [1.54, 1.807) is 12.0 Å². The fraction of sp³-hybridized carbons (Fsp3) is 0.438. The van der Waals surface area contributed by atoms with Crippen LogP contribution in [0.25, 0.3) is 0 Å². The highest BCUT2D eigenvalue weighted by atomic mass is 79.9. The van der Waals surface area contributed by atoms with Crippen LogP contribution in [0.2, 0.25) is 0 Å². The second-order valence-corrected chi connectivity index (χ2v) is 11.4. The Labute approximate surface area is 241 Å². The number of aromatic nitrogens is 1. The van der Waals surface area contributed by atoms with E-state index in [1.165, 1.54) is 12.0 Å². The number of benzene rings is 2. The van der Waals surface area contributed by atoms with Crippen molar-refractivity contribution in [3.8, 4) is 0 Å². The number of hydrogen-bond acceptors (Lipinski definition) is 3. The van der Waals surface area contributed by atoms with Crippen LogP contribution in [-0.4, -0.2) is 59.0 Å². The molecule has 1 aliphatic rings. The van der Waals surface area contributed by atoms with E-state index in [4.69, 9.17) is 4.74 Å². The molecule has 4 rings (SSSR count). The number of methoxy groups -OCH3 is 1. The predicted molar refractivity (Wildman–Crippen MR) is 159 cm³/mol. The minimum absolute atomic E-state index is 0.0103. The summed E-state index contributed by atoms with van der Waals surface area (Å²) < 4.78 is 8.52. The van der Waals surface area contributed by atoms with Crippen LogP contribution < -0.4 is 0 Å². The third-order valence-corrected chi connectivity index (χ3v) is 8.07. The lowest BCUT2D eigenvalue weighted by Gasteiger charge is -2.36. The number of carbonyl (C=O) groups excluding carboxylic acids is 2. The molecule has 2 aromatic carbocycles. The van der Waals surface area contributed by atoms with E-state index in [-0.39, 0.29) is 24.4 Å². The fourth-order valence-electron chi connectivity index (χ4n) is 5.31. The Morgan fingerprint density at radius 1 is 1.00 bits per heavy atom. The maximum absolute atomic E-state index is 14.0. The average molecular weight is 595 g/mol. The van der Waals surface area contributed by atoms with Crippen LogP contribution in [0.15, 0.2) is 71.3 Å². The molecule has 2 amide bonds. The average Bonchev–Trinajstić information content (AvgIpc) is 3.39. The zero-order valence-corrected chi connectivity index (χ0v) is 24.7. The molecule has 1 aliphatic carbocycles. The Hall–Kier alpha value is -2.90. The van der Waals surface area contributed by atoms with Gasteiger partial charge < -0.3 is 19.1 Å². The van der Waals surface area contributed by atoms with Crippen molar-refractivity contribution in [3.63, 3.8) is 0 Å². The monoisotopic (exact) mass is 593 g/mol. The number of amides is 2. The van der Waals surface area contributed by atoms with E-state index in [1.807, 2.05) is 36.1 Å². The van der Waals surface area contributed by atoms with Crippen LogP contribution in [0.5, 0.6) is 0 Å². The Morgan fingerprint density at radius 2 is 1.72 bits per heavy atom. The van der Waals surface area contributed by atoms with Gasteiger partial charge >= 0.3 is 0 Å². The van der Waals surface area contributed by atoms with Crippen molar-refractivity contribution < 1.29 is 14.3 Å². The number of hydrogen-bond donors (Lipinski definition) is 0. The zero-order chi connectivity index (χ0) is 27.6. The molecule has 1 heterocycles. The van der Waals surface area contributed by atoms with Gasteiger partial charge in [0.1, 0.15) is 6.54 Å². The van der Waals surface area contributed by atoms with E-state index < -0.39 is 0 Å². The van der Waals surface area contributed by atoms with Gasteiger partial charge in [-0.25, -0.2) is 0 Å². The van der Waals surface area contributed by atoms with Gasteiger partial charge in [0.05, 0.1) is 6.54 Å². The number of aryl methyl sites for hydroxylation is 1. The number of carbonyl (C=O) groups is 2. The maximum atomic E-state index is 14.0. The van der Waals surface area contributed by atoms with E-state index in [2.05, 4.69) is 63.1 Å². The standard InChI is InChI=1S/C32H40BrN3O3/c1-25-11-15-27(16-12-25)32(38)35(20-7-21-39-2)24-31(37)36(29-8-4-3-5-9-29)23-30-10-6-19-34(30)22-26-13-17-28(33)18-14-26/h6,10-19,29H,3-5,7-9,20-24H2,1-2H3. The minimum atomic E-state index is -0.110. The molecular weight excluding hydrogens is 554 g/mol. The summed E-state index contributed by atoms with van der Waals surface area (Å²) >= 11 is 3.51. The highest BCUT2D eigenvalue weighted by Crippen LogP contribution is 2.25. The van der Waals surface area contributed by atoms with E-state index in [0.29, 0.717) is 31.7 Å². The summed E-state index contributed by atoms with van der Waals surface area (Å²) in [5, 5.41) is 0. The molecule has 3 aromatic rings. The SMILES string of the molecule is COCCCN(CC(=O)N(Cc1cccn1Cc1ccc(Br)cc1)C1CCCCC1)C(=O)c1ccc(C)cc1. The molecular formula is C32H40BrN3O3. The second-order valence-electron chi connectivity index (χ2n) is 10.5. The third kappa shape index (κ3) is 8.29. The Balaban J connectivity index is 1.54. The highest BCUT2D eigenvalue weighted by Gasteiger charge is 2.29. The summed E-state index contributed by atoms with van der Waals surface area (Å²) in [6, 6.07) is 20.3. The Morgan fingerprint density at radius 3 is 2.41 bits per heavy atom. The summed E-state index contributed by atoms with van der Waals surface area (Å²) in [5.41, 5.74) is 4.02. The number of ether oxygens (including phenoxy) is 1. The van der Waals surface area contributed by atoms with Gasteiger partial charge in [-0.05, 0) is 68.1 Å². The normalized spacial score (nSPS) is 13.8. The lowest BCUT2D eigenvalue weighted by Crippen LogP contribution is -2.48. The van der Waals surface area contributed by atoms with Crippen molar-refractivity contribution >= 4 is 27.7 Å². The summed E-state index contributed by atoms with van der Waals surface area (Å²) in [6.45, 7) is 4.38. The lowest BCUT2D eigenvalue weighted by molar-refractivity contribution is -0.135. The summed E-state index contributed by atoms with van der Waals surface area (Å²) in [6.07, 6.45) is 8.26. The number of nitrogens with zero attached hydrogens (tertiary/aromatic N) is 3. The van der Waals surface area contributed by atoms with Crippen LogP contribution in [0.3, 0.4) is 0 Å². The molecule has 1 fully saturated rings. The van der Waals surface area contributed by atoms with Gasteiger partial charge in [-0.15, -0.1) is 0 Å². The Bertz CT molecular complexity index is 1200. The first-order chi connectivity index (χ1) is 18.9. The van der Waals surface area contributed by atoms with Crippen LogP contribution in [0.1, 0.15) is 65.7 Å². The minimum Gasteiger partial charge on any atom is -0.385 e. The van der Waals surface area contributed by atoms with Gasteiger partial charge in [-0.1, -0.05) is 65.0 Å². The van der Waals surface area contributed by atoms with Gasteiger partial charge in [0.2, 0.25) is 5.91 Å². The number of rotatable bonds is 12. The first kappa shape index (κ1) is 29.1. The quantitative estimate of drug-likeness (QED) is 0.227. The van der Waals surface area contributed by atoms with Crippen molar-refractivity contribution in [2.45, 2.75) is 64.6 Å². The fourth-order valence-corrected chi connectivity index (χ4v) is 5.57. The van der Waals surface area contributed by atoms with Gasteiger partial charge in [0.15, 0.2) is 0 Å². The molecule has 0 spiro atoms. The van der Waals surface area contributed by atoms with Crippen molar-refractivity contribution in [3.05, 3.63) is 93.7 Å². The van der Waals surface area contributed by atoms with Crippen LogP contribution >= 0.6 is 15.9 Å². The first-order valence-corrected chi connectivity index (χ1v) is 14.8. The van der Waals surface area contributed by atoms with E-state index in [0.717, 1.165) is 48.0 Å². The molecule has 0 saturated heterocycles. The van der Waals surface area contributed by atoms with Crippen LogP contribution in [-0.2, 0) is 22.6 Å². The summed E-state index contributed by atoms with van der Waals surface area (Å²) in [4.78, 5) is 31.2. The largest absolute Gasteiger partial charge is 0.385 e. The van der Waals surface area contributed by atoms with Gasteiger partial charge in [0, 0.05) is 54.8 Å². The molecule has 0 N–H and O–H groups in total. The number of halogens is 1. The molecule has 0 radical (unpaired) electrons. The molecule has 1 saturated carbocycles. The molecule has 208 valence electrons.